The number of carbonyl (C=O) groups excluding carboxylic acids is 2. The van der Waals surface area contributed by atoms with Gasteiger partial charge in [0.15, 0.2) is 12.1 Å². The third-order valence-corrected chi connectivity index (χ3v) is 4.08. The molecule has 1 aromatic heterocycles. The Morgan fingerprint density at radius 2 is 2.12 bits per heavy atom. The van der Waals surface area contributed by atoms with Gasteiger partial charge in [0.05, 0.1) is 12.3 Å². The Morgan fingerprint density at radius 3 is 2.75 bits per heavy atom. The average Bonchev–Trinajstić information content (AvgIpc) is 3.11. The van der Waals surface area contributed by atoms with E-state index in [1.807, 2.05) is 36.5 Å². The normalized spacial score (nSPS) is 22.9. The molecule has 1 aliphatic heterocycles. The van der Waals surface area contributed by atoms with Crippen molar-refractivity contribution in [2.75, 3.05) is 6.61 Å². The fourth-order valence-electron chi connectivity index (χ4n) is 2.86. The van der Waals surface area contributed by atoms with Gasteiger partial charge in [-0.1, -0.05) is 12.1 Å². The summed E-state index contributed by atoms with van der Waals surface area (Å²) in [6.45, 7) is 3.86. The van der Waals surface area contributed by atoms with Crippen molar-refractivity contribution in [3.05, 3.63) is 48.3 Å². The number of aromatic nitrogens is 2. The number of ether oxygens (including phenoxy) is 2. The van der Waals surface area contributed by atoms with Crippen LogP contribution in [0.5, 0.6) is 0 Å². The second kappa shape index (κ2) is 6.67. The van der Waals surface area contributed by atoms with Crippen LogP contribution < -0.4 is 0 Å². The molecule has 2 atom stereocenters. The number of ketones is 1. The van der Waals surface area contributed by atoms with Crippen LogP contribution >= 0.6 is 0 Å². The van der Waals surface area contributed by atoms with Gasteiger partial charge in [0, 0.05) is 18.3 Å². The number of carbonyl (C=O) groups is 2. The Kier molecular flexibility index (Phi) is 4.59. The van der Waals surface area contributed by atoms with Crippen LogP contribution in [-0.4, -0.2) is 40.3 Å². The van der Waals surface area contributed by atoms with Crippen molar-refractivity contribution in [3.8, 4) is 5.69 Å². The molecule has 6 heteroatoms. The van der Waals surface area contributed by atoms with Gasteiger partial charge in [0.25, 0.3) is 0 Å². The lowest BCUT2D eigenvalue weighted by atomic mass is 9.91. The van der Waals surface area contributed by atoms with E-state index >= 15 is 0 Å². The van der Waals surface area contributed by atoms with Crippen molar-refractivity contribution in [1.82, 2.24) is 9.78 Å². The second-order valence-corrected chi connectivity index (χ2v) is 6.35. The Labute approximate surface area is 140 Å². The summed E-state index contributed by atoms with van der Waals surface area (Å²) in [5.74, 6) is -1.58. The first-order chi connectivity index (χ1) is 11.5. The number of hydrogen-bond donors (Lipinski definition) is 0. The zero-order chi connectivity index (χ0) is 17.2. The van der Waals surface area contributed by atoms with Gasteiger partial charge in [-0.3, -0.25) is 9.59 Å². The van der Waals surface area contributed by atoms with E-state index in [0.29, 0.717) is 19.3 Å². The van der Waals surface area contributed by atoms with Crippen molar-refractivity contribution < 1.29 is 19.1 Å². The van der Waals surface area contributed by atoms with Crippen LogP contribution in [0.3, 0.4) is 0 Å². The molecule has 0 amide bonds. The molecule has 1 saturated heterocycles. The first-order valence-electron chi connectivity index (χ1n) is 7.88. The van der Waals surface area contributed by atoms with E-state index in [2.05, 4.69) is 5.10 Å². The van der Waals surface area contributed by atoms with Crippen LogP contribution in [0.25, 0.3) is 5.69 Å². The zero-order valence-corrected chi connectivity index (χ0v) is 13.7. The van der Waals surface area contributed by atoms with Crippen molar-refractivity contribution in [2.45, 2.75) is 32.2 Å². The molecule has 6 nitrogen and oxygen atoms in total. The molecular weight excluding hydrogens is 308 g/mol. The molecule has 3 rings (SSSR count). The van der Waals surface area contributed by atoms with E-state index in [0.717, 1.165) is 11.3 Å². The maximum absolute atomic E-state index is 11.9. The van der Waals surface area contributed by atoms with E-state index in [1.54, 1.807) is 24.7 Å². The van der Waals surface area contributed by atoms with Crippen molar-refractivity contribution in [3.63, 3.8) is 0 Å². The summed E-state index contributed by atoms with van der Waals surface area (Å²) in [5, 5.41) is 4.19. The Morgan fingerprint density at radius 1 is 1.38 bits per heavy atom. The topological polar surface area (TPSA) is 70.4 Å². The van der Waals surface area contributed by atoms with E-state index in [4.69, 9.17) is 9.47 Å². The molecule has 0 radical (unpaired) electrons. The van der Waals surface area contributed by atoms with Crippen LogP contribution in [0.4, 0.5) is 0 Å². The van der Waals surface area contributed by atoms with Gasteiger partial charge in [0.2, 0.25) is 5.78 Å². The summed E-state index contributed by atoms with van der Waals surface area (Å²) in [4.78, 5) is 22.8. The maximum Gasteiger partial charge on any atom is 0.224 e. The molecule has 126 valence electrons. The Hall–Kier alpha value is -2.31. The minimum atomic E-state index is -0.857. The highest BCUT2D eigenvalue weighted by atomic mass is 16.7. The minimum Gasteiger partial charge on any atom is -0.350 e. The van der Waals surface area contributed by atoms with E-state index in [-0.39, 0.29) is 5.92 Å². The molecule has 24 heavy (non-hydrogen) atoms. The van der Waals surface area contributed by atoms with E-state index in [1.165, 1.54) is 0 Å². The van der Waals surface area contributed by atoms with Gasteiger partial charge in [0.1, 0.15) is 6.10 Å². The van der Waals surface area contributed by atoms with Gasteiger partial charge in [-0.05, 0) is 44.0 Å². The highest BCUT2D eigenvalue weighted by Gasteiger charge is 2.40. The lowest BCUT2D eigenvalue weighted by Crippen LogP contribution is -2.50. The third kappa shape index (κ3) is 3.60. The fourth-order valence-corrected chi connectivity index (χ4v) is 2.86. The summed E-state index contributed by atoms with van der Waals surface area (Å²) >= 11 is 0. The molecule has 0 spiro atoms. The van der Waals surface area contributed by atoms with Crippen LogP contribution in [0.1, 0.15) is 19.4 Å². The number of hydrogen-bond acceptors (Lipinski definition) is 5. The first kappa shape index (κ1) is 16.5. The van der Waals surface area contributed by atoms with Crippen molar-refractivity contribution in [2.24, 2.45) is 5.92 Å². The second-order valence-electron chi connectivity index (χ2n) is 6.35. The molecule has 0 bridgehead atoms. The van der Waals surface area contributed by atoms with Gasteiger partial charge in [-0.15, -0.1) is 0 Å². The summed E-state index contributed by atoms with van der Waals surface area (Å²) < 4.78 is 13.1. The molecule has 0 aliphatic carbocycles. The number of aldehydes is 1. The van der Waals surface area contributed by atoms with Crippen LogP contribution in [0.2, 0.25) is 0 Å². The summed E-state index contributed by atoms with van der Waals surface area (Å²) in [5.41, 5.74) is 2.01. The van der Waals surface area contributed by atoms with Crippen molar-refractivity contribution in [1.29, 1.82) is 0 Å². The zero-order valence-electron chi connectivity index (χ0n) is 13.7. The van der Waals surface area contributed by atoms with E-state index in [9.17, 15) is 9.59 Å². The lowest BCUT2D eigenvalue weighted by Gasteiger charge is -2.39. The fraction of sp³-hybridized carbons (Fsp3) is 0.389. The maximum atomic E-state index is 11.9. The van der Waals surface area contributed by atoms with E-state index < -0.39 is 17.7 Å². The SMILES string of the molecule is CC1(C)OCC(Cc2ccc(-n3cccn3)cc2)C(C(=O)C=O)O1. The van der Waals surface area contributed by atoms with Gasteiger partial charge < -0.3 is 9.47 Å². The molecule has 2 heterocycles. The number of benzene rings is 1. The molecule has 0 saturated carbocycles. The number of Topliss-reactive ketones (excluding diaryl/α,β-unsaturated/α-hetero) is 1. The molecule has 1 aromatic carbocycles. The quantitative estimate of drug-likeness (QED) is 0.620. The highest BCUT2D eigenvalue weighted by molar-refractivity contribution is 6.27. The van der Waals surface area contributed by atoms with Crippen LogP contribution in [0.15, 0.2) is 42.7 Å². The monoisotopic (exact) mass is 328 g/mol. The largest absolute Gasteiger partial charge is 0.350 e. The van der Waals surface area contributed by atoms with Gasteiger partial charge in [-0.2, -0.15) is 5.10 Å². The van der Waals surface area contributed by atoms with Crippen LogP contribution in [0, 0.1) is 5.92 Å². The smallest absolute Gasteiger partial charge is 0.224 e. The van der Waals surface area contributed by atoms with Gasteiger partial charge in [-0.25, -0.2) is 4.68 Å². The highest BCUT2D eigenvalue weighted by Crippen LogP contribution is 2.29. The predicted molar refractivity (Wildman–Crippen MR) is 86.7 cm³/mol. The average molecular weight is 328 g/mol. The third-order valence-electron chi connectivity index (χ3n) is 4.08. The molecule has 1 fully saturated rings. The Balaban J connectivity index is 1.74. The lowest BCUT2D eigenvalue weighted by molar-refractivity contribution is -0.284. The van der Waals surface area contributed by atoms with Crippen molar-refractivity contribution >= 4 is 12.1 Å². The molecule has 0 N–H and O–H groups in total. The van der Waals surface area contributed by atoms with Gasteiger partial charge >= 0.3 is 0 Å². The molecule has 2 unspecified atom stereocenters. The van der Waals surface area contributed by atoms with Crippen LogP contribution in [-0.2, 0) is 25.5 Å². The summed E-state index contributed by atoms with van der Waals surface area (Å²) in [6.07, 6.45) is 3.76. The first-order valence-corrected chi connectivity index (χ1v) is 7.88. The standard InChI is InChI=1S/C18H20N2O4/c1-18(2)23-12-14(17(24-18)16(22)11-21)10-13-4-6-15(7-5-13)20-9-3-8-19-20/h3-9,11,14,17H,10,12H2,1-2H3. The molecule has 1 aliphatic rings. The Bertz CT molecular complexity index is 707. The molecule has 2 aromatic rings. The predicted octanol–water partition coefficient (Wildman–Crippen LogP) is 1.95. The summed E-state index contributed by atoms with van der Waals surface area (Å²) in [7, 11) is 0. The number of nitrogens with zero attached hydrogens (tertiary/aromatic N) is 2. The summed E-state index contributed by atoms with van der Waals surface area (Å²) in [6, 6.07) is 9.77. The minimum absolute atomic E-state index is 0.189. The molecular formula is C18H20N2O4. The number of rotatable bonds is 5.